The first-order valence-corrected chi connectivity index (χ1v) is 4.02. The predicted octanol–water partition coefficient (Wildman–Crippen LogP) is 0.675. The van der Waals surface area contributed by atoms with Crippen LogP contribution in [0.1, 0.15) is 26.6 Å². The van der Waals surface area contributed by atoms with Crippen LogP contribution >= 0.6 is 0 Å². The van der Waals surface area contributed by atoms with E-state index in [-0.39, 0.29) is 11.4 Å². The molecule has 0 aliphatic heterocycles. The van der Waals surface area contributed by atoms with Gasteiger partial charge in [0.05, 0.1) is 16.5 Å². The molecule has 0 aliphatic carbocycles. The second-order valence-corrected chi connectivity index (χ2v) is 3.71. The zero-order valence-corrected chi connectivity index (χ0v) is 8.21. The Kier molecular flexibility index (Phi) is 2.59. The minimum absolute atomic E-state index is 0.233. The molecule has 0 spiro atoms. The van der Waals surface area contributed by atoms with Crippen LogP contribution in [-0.4, -0.2) is 25.1 Å². The topological polar surface area (TPSA) is 86.7 Å². The minimum Gasteiger partial charge on any atom is -0.259 e. The average Bonchev–Trinajstić information content (AvgIpc) is 2.47. The Morgan fingerprint density at radius 2 is 2.14 bits per heavy atom. The van der Waals surface area contributed by atoms with E-state index in [1.165, 1.54) is 10.9 Å². The van der Waals surface area contributed by atoms with Crippen LogP contribution in [-0.2, 0) is 5.54 Å². The second kappa shape index (κ2) is 3.52. The Hall–Kier alpha value is -1.79. The quantitative estimate of drug-likeness (QED) is 0.513. The van der Waals surface area contributed by atoms with Gasteiger partial charge in [0.15, 0.2) is 0 Å². The number of nitrogens with zero attached hydrogens (tertiary/aromatic N) is 5. The number of tetrazole rings is 1. The summed E-state index contributed by atoms with van der Waals surface area (Å²) >= 11 is 0. The highest BCUT2D eigenvalue weighted by Crippen LogP contribution is 2.09. The Labute approximate surface area is 80.6 Å². The molecule has 0 amide bonds. The molecule has 0 atom stereocenters. The van der Waals surface area contributed by atoms with Crippen LogP contribution in [0.25, 0.3) is 6.08 Å². The minimum atomic E-state index is -0.572. The van der Waals surface area contributed by atoms with E-state index in [1.54, 1.807) is 0 Å². The molecule has 1 aromatic rings. The van der Waals surface area contributed by atoms with Gasteiger partial charge in [-0.1, -0.05) is 0 Å². The molecule has 0 unspecified atom stereocenters. The summed E-state index contributed by atoms with van der Waals surface area (Å²) in [5.74, 6) is 0.233. The smallest absolute Gasteiger partial charge is 0.238 e. The maximum absolute atomic E-state index is 10.0. The van der Waals surface area contributed by atoms with E-state index < -0.39 is 4.92 Å². The lowest BCUT2D eigenvalue weighted by Gasteiger charge is -2.14. The maximum atomic E-state index is 10.0. The van der Waals surface area contributed by atoms with Crippen molar-refractivity contribution in [3.63, 3.8) is 0 Å². The highest BCUT2D eigenvalue weighted by Gasteiger charge is 2.16. The molecule has 0 fully saturated rings. The maximum Gasteiger partial charge on any atom is 0.238 e. The molecule has 1 aromatic heterocycles. The van der Waals surface area contributed by atoms with Crippen molar-refractivity contribution in [3.8, 4) is 0 Å². The molecular formula is C7H11N5O2. The first-order chi connectivity index (χ1) is 6.39. The molecule has 76 valence electrons. The van der Waals surface area contributed by atoms with Gasteiger partial charge in [-0.15, -0.1) is 10.2 Å². The highest BCUT2D eigenvalue weighted by molar-refractivity contribution is 5.35. The van der Waals surface area contributed by atoms with Gasteiger partial charge >= 0.3 is 0 Å². The summed E-state index contributed by atoms with van der Waals surface area (Å²) in [4.78, 5) is 10.9. The van der Waals surface area contributed by atoms with Crippen molar-refractivity contribution in [1.29, 1.82) is 0 Å². The normalized spacial score (nSPS) is 12.2. The van der Waals surface area contributed by atoms with Gasteiger partial charge in [-0.25, -0.2) is 0 Å². The van der Waals surface area contributed by atoms with Crippen LogP contribution in [0.3, 0.4) is 0 Å². The summed E-state index contributed by atoms with van der Waals surface area (Å²) < 4.78 is 0. The molecule has 1 rings (SSSR count). The fourth-order valence-corrected chi connectivity index (χ4v) is 0.704. The summed E-state index contributed by atoms with van der Waals surface area (Å²) in [7, 11) is 0. The van der Waals surface area contributed by atoms with Crippen LogP contribution in [0.4, 0.5) is 0 Å². The van der Waals surface area contributed by atoms with Gasteiger partial charge in [0.25, 0.3) is 0 Å². The fourth-order valence-electron chi connectivity index (χ4n) is 0.704. The van der Waals surface area contributed by atoms with Gasteiger partial charge < -0.3 is 0 Å². The number of hydrogen-bond acceptors (Lipinski definition) is 5. The monoisotopic (exact) mass is 197 g/mol. The Bertz CT molecular complexity index is 362. The van der Waals surface area contributed by atoms with Crippen molar-refractivity contribution in [3.05, 3.63) is 22.1 Å². The summed E-state index contributed by atoms with van der Waals surface area (Å²) in [5, 5.41) is 21.4. The van der Waals surface area contributed by atoms with E-state index in [0.29, 0.717) is 0 Å². The molecule has 7 nitrogen and oxygen atoms in total. The molecule has 0 N–H and O–H groups in total. The van der Waals surface area contributed by atoms with E-state index in [9.17, 15) is 10.1 Å². The van der Waals surface area contributed by atoms with Crippen molar-refractivity contribution in [2.24, 2.45) is 0 Å². The van der Waals surface area contributed by atoms with Crippen LogP contribution < -0.4 is 0 Å². The van der Waals surface area contributed by atoms with Crippen LogP contribution in [0.2, 0.25) is 0 Å². The average molecular weight is 197 g/mol. The van der Waals surface area contributed by atoms with Crippen molar-refractivity contribution >= 4 is 6.08 Å². The number of hydrogen-bond donors (Lipinski definition) is 0. The molecular weight excluding hydrogens is 186 g/mol. The Balaban J connectivity index is 2.84. The van der Waals surface area contributed by atoms with Crippen molar-refractivity contribution in [2.45, 2.75) is 26.3 Å². The lowest BCUT2D eigenvalue weighted by atomic mass is 10.1. The van der Waals surface area contributed by atoms with E-state index in [1.807, 2.05) is 20.8 Å². The molecule has 0 aromatic carbocycles. The molecule has 14 heavy (non-hydrogen) atoms. The predicted molar refractivity (Wildman–Crippen MR) is 48.8 cm³/mol. The van der Waals surface area contributed by atoms with Crippen molar-refractivity contribution in [1.82, 2.24) is 20.2 Å². The zero-order chi connectivity index (χ0) is 10.8. The molecule has 0 bridgehead atoms. The molecule has 7 heteroatoms. The van der Waals surface area contributed by atoms with Crippen molar-refractivity contribution in [2.75, 3.05) is 0 Å². The van der Waals surface area contributed by atoms with Crippen LogP contribution in [0.15, 0.2) is 6.20 Å². The van der Waals surface area contributed by atoms with E-state index >= 15 is 0 Å². The van der Waals surface area contributed by atoms with Crippen molar-refractivity contribution < 1.29 is 4.92 Å². The third-order valence-electron chi connectivity index (χ3n) is 1.37. The third kappa shape index (κ3) is 2.61. The van der Waals surface area contributed by atoms with Gasteiger partial charge in [0, 0.05) is 0 Å². The van der Waals surface area contributed by atoms with Crippen LogP contribution in [0.5, 0.6) is 0 Å². The third-order valence-corrected chi connectivity index (χ3v) is 1.37. The first-order valence-electron chi connectivity index (χ1n) is 4.02. The zero-order valence-electron chi connectivity index (χ0n) is 8.21. The summed E-state index contributed by atoms with van der Waals surface area (Å²) in [5.41, 5.74) is -0.270. The van der Waals surface area contributed by atoms with Gasteiger partial charge in [-0.2, -0.15) is 4.80 Å². The van der Waals surface area contributed by atoms with Gasteiger partial charge in [0.1, 0.15) is 0 Å². The number of nitro groups is 1. The molecule has 0 radical (unpaired) electrons. The van der Waals surface area contributed by atoms with Gasteiger partial charge in [0.2, 0.25) is 12.0 Å². The van der Waals surface area contributed by atoms with E-state index in [0.717, 1.165) is 6.20 Å². The summed E-state index contributed by atoms with van der Waals surface area (Å²) in [6.07, 6.45) is 1.99. The SMILES string of the molecule is CC(C)(C)n1nnc(/C=C/[N+](=O)[O-])n1. The largest absolute Gasteiger partial charge is 0.259 e. The van der Waals surface area contributed by atoms with Gasteiger partial charge in [-0.05, 0) is 26.0 Å². The Morgan fingerprint density at radius 1 is 1.50 bits per heavy atom. The number of rotatable bonds is 2. The molecule has 0 saturated carbocycles. The lowest BCUT2D eigenvalue weighted by molar-refractivity contribution is -0.401. The fraction of sp³-hybridized carbons (Fsp3) is 0.571. The molecule has 0 saturated heterocycles. The highest BCUT2D eigenvalue weighted by atomic mass is 16.6. The van der Waals surface area contributed by atoms with Gasteiger partial charge in [-0.3, -0.25) is 10.1 Å². The second-order valence-electron chi connectivity index (χ2n) is 3.71. The summed E-state index contributed by atoms with van der Waals surface area (Å²) in [6, 6.07) is 0. The lowest BCUT2D eigenvalue weighted by Crippen LogP contribution is -2.24. The molecule has 0 aliphatic rings. The number of aromatic nitrogens is 4. The standard InChI is InChI=1S/C7H11N5O2/c1-7(2,3)12-9-6(8-10-12)4-5-11(13)14/h4-5H,1-3H3/b5-4+. The molecule has 1 heterocycles. The summed E-state index contributed by atoms with van der Waals surface area (Å²) in [6.45, 7) is 5.74. The van der Waals surface area contributed by atoms with Crippen LogP contribution in [0, 0.1) is 10.1 Å². The van der Waals surface area contributed by atoms with E-state index in [2.05, 4.69) is 15.4 Å². The first kappa shape index (κ1) is 10.3. The van der Waals surface area contributed by atoms with E-state index in [4.69, 9.17) is 0 Å². The Morgan fingerprint density at radius 3 is 2.57 bits per heavy atom.